The predicted molar refractivity (Wildman–Crippen MR) is 109 cm³/mol. The van der Waals surface area contributed by atoms with Crippen LogP contribution in [0.1, 0.15) is 50.3 Å². The Morgan fingerprint density at radius 1 is 1.11 bits per heavy atom. The first kappa shape index (κ1) is 20.6. The fourth-order valence-electron chi connectivity index (χ4n) is 2.91. The third kappa shape index (κ3) is 6.83. The van der Waals surface area contributed by atoms with Crippen LogP contribution >= 0.6 is 0 Å². The monoisotopic (exact) mass is 364 g/mol. The fourth-order valence-corrected chi connectivity index (χ4v) is 2.91. The van der Waals surface area contributed by atoms with Crippen LogP contribution in [0.15, 0.2) is 42.5 Å². The summed E-state index contributed by atoms with van der Waals surface area (Å²) in [6.07, 6.45) is 2.49. The van der Waals surface area contributed by atoms with Gasteiger partial charge in [-0.2, -0.15) is 0 Å². The first-order valence-electron chi connectivity index (χ1n) is 9.43. The zero-order valence-corrected chi connectivity index (χ0v) is 16.7. The summed E-state index contributed by atoms with van der Waals surface area (Å²) in [4.78, 5) is 11.2. The lowest BCUT2D eigenvalue weighted by Gasteiger charge is -2.09. The summed E-state index contributed by atoms with van der Waals surface area (Å²) >= 11 is 0. The third-order valence-corrected chi connectivity index (χ3v) is 4.16. The molecule has 1 unspecified atom stereocenters. The van der Waals surface area contributed by atoms with Gasteiger partial charge in [0, 0.05) is 18.1 Å². The maximum atomic E-state index is 11.2. The summed E-state index contributed by atoms with van der Waals surface area (Å²) in [5.41, 5.74) is 3.01. The van der Waals surface area contributed by atoms with E-state index in [1.807, 2.05) is 30.3 Å². The summed E-state index contributed by atoms with van der Waals surface area (Å²) in [7, 11) is 1.64. The van der Waals surface area contributed by atoms with Crippen molar-refractivity contribution in [3.8, 4) is 23.3 Å². The summed E-state index contributed by atoms with van der Waals surface area (Å²) < 4.78 is 11.1. The molecule has 27 heavy (non-hydrogen) atoms. The maximum absolute atomic E-state index is 11.2. The van der Waals surface area contributed by atoms with Crippen molar-refractivity contribution >= 4 is 5.78 Å². The molecule has 3 nitrogen and oxygen atoms in total. The highest BCUT2D eigenvalue weighted by molar-refractivity contribution is 5.75. The van der Waals surface area contributed by atoms with E-state index in [0.717, 1.165) is 29.7 Å². The molecule has 0 aliphatic heterocycles. The van der Waals surface area contributed by atoms with Crippen LogP contribution in [0.4, 0.5) is 0 Å². The minimum absolute atomic E-state index is 0.241. The van der Waals surface area contributed by atoms with Crippen LogP contribution in [0.2, 0.25) is 0 Å². The van der Waals surface area contributed by atoms with Gasteiger partial charge in [-0.05, 0) is 55.5 Å². The highest BCUT2D eigenvalue weighted by Gasteiger charge is 2.06. The van der Waals surface area contributed by atoms with E-state index < -0.39 is 0 Å². The van der Waals surface area contributed by atoms with E-state index in [1.54, 1.807) is 14.0 Å². The van der Waals surface area contributed by atoms with Gasteiger partial charge in [0.05, 0.1) is 19.3 Å². The molecular weight excluding hydrogens is 336 g/mol. The molecule has 142 valence electrons. The quantitative estimate of drug-likeness (QED) is 0.616. The second-order valence-corrected chi connectivity index (χ2v) is 6.87. The lowest BCUT2D eigenvalue weighted by molar-refractivity contribution is -0.117. The van der Waals surface area contributed by atoms with Crippen LogP contribution in [0, 0.1) is 17.8 Å². The summed E-state index contributed by atoms with van der Waals surface area (Å²) in [5, 5.41) is 0. The molecule has 2 aromatic carbocycles. The van der Waals surface area contributed by atoms with Gasteiger partial charge in [-0.1, -0.05) is 37.8 Å². The lowest BCUT2D eigenvalue weighted by atomic mass is 9.96. The molecule has 0 aliphatic carbocycles. The highest BCUT2D eigenvalue weighted by atomic mass is 16.5. The molecular formula is C24H28O3. The van der Waals surface area contributed by atoms with Crippen LogP contribution < -0.4 is 9.47 Å². The van der Waals surface area contributed by atoms with Gasteiger partial charge in [-0.25, -0.2) is 0 Å². The van der Waals surface area contributed by atoms with Crippen LogP contribution in [0.25, 0.3) is 0 Å². The Balaban J connectivity index is 2.07. The number of ketones is 1. The molecule has 0 aliphatic rings. The number of benzene rings is 2. The SMILES string of the molecule is CCCOc1ccc(C#Cc2ccc(CC(C)CC(C)=O)cc2)c(OC)c1. The van der Waals surface area contributed by atoms with Crippen LogP contribution in [-0.2, 0) is 11.2 Å². The summed E-state index contributed by atoms with van der Waals surface area (Å²) in [6, 6.07) is 13.9. The van der Waals surface area contributed by atoms with E-state index in [1.165, 1.54) is 5.56 Å². The summed E-state index contributed by atoms with van der Waals surface area (Å²) in [6.45, 7) is 6.51. The van der Waals surface area contributed by atoms with Gasteiger partial charge in [-0.15, -0.1) is 0 Å². The van der Waals surface area contributed by atoms with Crippen molar-refractivity contribution in [1.82, 2.24) is 0 Å². The number of hydrogen-bond acceptors (Lipinski definition) is 3. The molecule has 0 bridgehead atoms. The molecule has 3 heteroatoms. The average molecular weight is 364 g/mol. The van der Waals surface area contributed by atoms with E-state index in [2.05, 4.69) is 37.8 Å². The number of carbonyl (C=O) groups is 1. The van der Waals surface area contributed by atoms with Gasteiger partial charge in [-0.3, -0.25) is 0 Å². The van der Waals surface area contributed by atoms with Crippen molar-refractivity contribution in [3.63, 3.8) is 0 Å². The number of methoxy groups -OCH3 is 1. The Kier molecular flexibility index (Phi) is 7.95. The van der Waals surface area contributed by atoms with Crippen molar-refractivity contribution in [2.45, 2.75) is 40.0 Å². The van der Waals surface area contributed by atoms with E-state index in [-0.39, 0.29) is 5.78 Å². The number of Topliss-reactive ketones (excluding diaryl/α,β-unsaturated/α-hetero) is 1. The molecule has 2 rings (SSSR count). The molecule has 2 aromatic rings. The summed E-state index contributed by atoms with van der Waals surface area (Å²) in [5.74, 6) is 8.47. The molecule has 0 saturated heterocycles. The van der Waals surface area contributed by atoms with E-state index in [9.17, 15) is 4.79 Å². The molecule has 0 fully saturated rings. The number of hydrogen-bond donors (Lipinski definition) is 0. The van der Waals surface area contributed by atoms with Crippen molar-refractivity contribution in [2.24, 2.45) is 5.92 Å². The Labute approximate surface area is 162 Å². The van der Waals surface area contributed by atoms with Crippen molar-refractivity contribution in [3.05, 3.63) is 59.2 Å². The second kappa shape index (κ2) is 10.4. The number of ether oxygens (including phenoxy) is 2. The molecule has 1 atom stereocenters. The Morgan fingerprint density at radius 3 is 2.48 bits per heavy atom. The van der Waals surface area contributed by atoms with Gasteiger partial charge < -0.3 is 14.3 Å². The Morgan fingerprint density at radius 2 is 1.85 bits per heavy atom. The average Bonchev–Trinajstić information content (AvgIpc) is 2.65. The minimum Gasteiger partial charge on any atom is -0.495 e. The van der Waals surface area contributed by atoms with E-state index >= 15 is 0 Å². The maximum Gasteiger partial charge on any atom is 0.138 e. The number of rotatable bonds is 8. The molecule has 0 spiro atoms. The van der Waals surface area contributed by atoms with Gasteiger partial charge in [0.15, 0.2) is 0 Å². The van der Waals surface area contributed by atoms with Crippen LogP contribution in [0.5, 0.6) is 11.5 Å². The standard InChI is InChI=1S/C24H28O3/c1-5-14-27-23-13-12-22(24(17-23)26-4)11-10-20-6-8-21(9-7-20)16-18(2)15-19(3)25/h6-9,12-13,17-18H,5,14-16H2,1-4H3. The number of carbonyl (C=O) groups excluding carboxylic acids is 1. The smallest absolute Gasteiger partial charge is 0.138 e. The first-order chi connectivity index (χ1) is 13.0. The molecule has 0 radical (unpaired) electrons. The van der Waals surface area contributed by atoms with Gasteiger partial charge in [0.2, 0.25) is 0 Å². The molecule has 0 saturated carbocycles. The predicted octanol–water partition coefficient (Wildman–Crippen LogP) is 5.04. The van der Waals surface area contributed by atoms with Gasteiger partial charge in [0.25, 0.3) is 0 Å². The Bertz CT molecular complexity index is 810. The molecule has 0 aromatic heterocycles. The van der Waals surface area contributed by atoms with Gasteiger partial charge >= 0.3 is 0 Å². The fraction of sp³-hybridized carbons (Fsp3) is 0.375. The Hall–Kier alpha value is -2.73. The van der Waals surface area contributed by atoms with Crippen LogP contribution in [0.3, 0.4) is 0 Å². The normalized spacial score (nSPS) is 11.3. The largest absolute Gasteiger partial charge is 0.495 e. The lowest BCUT2D eigenvalue weighted by Crippen LogP contribution is -2.04. The third-order valence-electron chi connectivity index (χ3n) is 4.16. The highest BCUT2D eigenvalue weighted by Crippen LogP contribution is 2.24. The van der Waals surface area contributed by atoms with E-state index in [0.29, 0.717) is 24.7 Å². The van der Waals surface area contributed by atoms with Crippen LogP contribution in [-0.4, -0.2) is 19.5 Å². The zero-order chi connectivity index (χ0) is 19.6. The van der Waals surface area contributed by atoms with E-state index in [4.69, 9.17) is 9.47 Å². The minimum atomic E-state index is 0.241. The van der Waals surface area contributed by atoms with Crippen molar-refractivity contribution in [1.29, 1.82) is 0 Å². The van der Waals surface area contributed by atoms with Gasteiger partial charge in [0.1, 0.15) is 17.3 Å². The first-order valence-corrected chi connectivity index (χ1v) is 9.43. The van der Waals surface area contributed by atoms with Crippen molar-refractivity contribution < 1.29 is 14.3 Å². The molecule has 0 N–H and O–H groups in total. The second-order valence-electron chi connectivity index (χ2n) is 6.87. The zero-order valence-electron chi connectivity index (χ0n) is 16.7. The molecule has 0 amide bonds. The molecule has 0 heterocycles. The topological polar surface area (TPSA) is 35.5 Å². The van der Waals surface area contributed by atoms with Crippen molar-refractivity contribution in [2.75, 3.05) is 13.7 Å².